The Morgan fingerprint density at radius 3 is 3.11 bits per heavy atom. The Morgan fingerprint density at radius 2 is 2.44 bits per heavy atom. The molecule has 1 spiro atoms. The minimum Gasteiger partial charge on any atom is -0.235 e. The molecular formula is C5H7NO2S. The number of rotatable bonds is 0. The van der Waals surface area contributed by atoms with Crippen molar-refractivity contribution in [1.82, 2.24) is 4.90 Å². The van der Waals surface area contributed by atoms with Gasteiger partial charge in [-0.3, -0.25) is 0 Å². The van der Waals surface area contributed by atoms with Crippen molar-refractivity contribution in [2.75, 3.05) is 12.3 Å². The normalized spacial score (nSPS) is 44.7. The molecule has 3 aliphatic heterocycles. The highest BCUT2D eigenvalue weighted by molar-refractivity contribution is 8.00. The standard InChI is InChI=1S/C5H7NO2S/c1-2-9-4-3-5(6(1)4)7-8-5/h4H,1-3H2. The van der Waals surface area contributed by atoms with Crippen molar-refractivity contribution in [3.05, 3.63) is 0 Å². The van der Waals surface area contributed by atoms with E-state index in [1.54, 1.807) is 0 Å². The largest absolute Gasteiger partial charge is 0.293 e. The van der Waals surface area contributed by atoms with Crippen LogP contribution in [-0.4, -0.2) is 28.5 Å². The van der Waals surface area contributed by atoms with E-state index in [0.717, 1.165) is 13.0 Å². The molecule has 4 heteroatoms. The summed E-state index contributed by atoms with van der Waals surface area (Å²) in [6.07, 6.45) is 1.07. The van der Waals surface area contributed by atoms with Crippen LogP contribution in [0.5, 0.6) is 0 Å². The van der Waals surface area contributed by atoms with Crippen LogP contribution in [0.2, 0.25) is 0 Å². The van der Waals surface area contributed by atoms with Crippen LogP contribution < -0.4 is 0 Å². The van der Waals surface area contributed by atoms with Crippen LogP contribution in [0.15, 0.2) is 0 Å². The second kappa shape index (κ2) is 1.29. The van der Waals surface area contributed by atoms with E-state index in [-0.39, 0.29) is 5.91 Å². The average Bonchev–Trinajstić information content (AvgIpc) is 2.54. The number of thioether (sulfide) groups is 1. The second-order valence-corrected chi connectivity index (χ2v) is 3.89. The molecule has 1 atom stereocenters. The summed E-state index contributed by atoms with van der Waals surface area (Å²) in [7, 11) is 0. The first kappa shape index (κ1) is 4.96. The fraction of sp³-hybridized carbons (Fsp3) is 1.00. The van der Waals surface area contributed by atoms with Crippen LogP contribution >= 0.6 is 11.8 Å². The third kappa shape index (κ3) is 0.464. The molecule has 50 valence electrons. The van der Waals surface area contributed by atoms with E-state index in [4.69, 9.17) is 9.78 Å². The van der Waals surface area contributed by atoms with Crippen molar-refractivity contribution >= 4 is 11.8 Å². The summed E-state index contributed by atoms with van der Waals surface area (Å²) in [5, 5.41) is 0.701. The quantitative estimate of drug-likeness (QED) is 0.364. The first-order chi connectivity index (χ1) is 4.41. The van der Waals surface area contributed by atoms with Gasteiger partial charge in [0.2, 0.25) is 0 Å². The van der Waals surface area contributed by atoms with Gasteiger partial charge in [-0.05, 0) is 0 Å². The van der Waals surface area contributed by atoms with Gasteiger partial charge in [0.1, 0.15) is 0 Å². The molecule has 9 heavy (non-hydrogen) atoms. The van der Waals surface area contributed by atoms with Crippen LogP contribution in [0.3, 0.4) is 0 Å². The fourth-order valence-electron chi connectivity index (χ4n) is 1.52. The van der Waals surface area contributed by atoms with Crippen molar-refractivity contribution < 1.29 is 9.78 Å². The van der Waals surface area contributed by atoms with E-state index in [1.165, 1.54) is 5.75 Å². The molecule has 3 rings (SSSR count). The SMILES string of the molecule is C1CN2C(CC23OO3)S1. The maximum absolute atomic E-state index is 4.86. The van der Waals surface area contributed by atoms with Crippen molar-refractivity contribution in [1.29, 1.82) is 0 Å². The van der Waals surface area contributed by atoms with Crippen LogP contribution in [0, 0.1) is 0 Å². The van der Waals surface area contributed by atoms with Crippen LogP contribution in [0.25, 0.3) is 0 Å². The van der Waals surface area contributed by atoms with E-state index in [0.29, 0.717) is 5.37 Å². The minimum absolute atomic E-state index is 0.214. The van der Waals surface area contributed by atoms with Gasteiger partial charge in [-0.25, -0.2) is 4.90 Å². The molecule has 0 radical (unpaired) electrons. The Kier molecular flexibility index (Phi) is 0.713. The van der Waals surface area contributed by atoms with E-state index in [2.05, 4.69) is 4.90 Å². The Balaban J connectivity index is 1.87. The van der Waals surface area contributed by atoms with Crippen molar-refractivity contribution in [2.45, 2.75) is 17.7 Å². The zero-order valence-corrected chi connectivity index (χ0v) is 5.69. The maximum atomic E-state index is 4.86. The van der Waals surface area contributed by atoms with Gasteiger partial charge >= 0.3 is 0 Å². The lowest BCUT2D eigenvalue weighted by Crippen LogP contribution is -2.53. The van der Waals surface area contributed by atoms with Crippen molar-refractivity contribution in [3.63, 3.8) is 0 Å². The third-order valence-corrected chi connectivity index (χ3v) is 3.36. The molecule has 0 aromatic heterocycles. The van der Waals surface area contributed by atoms with E-state index in [1.807, 2.05) is 11.8 Å². The summed E-state index contributed by atoms with van der Waals surface area (Å²) in [6, 6.07) is 0. The molecule has 3 heterocycles. The molecule has 0 saturated carbocycles. The summed E-state index contributed by atoms with van der Waals surface area (Å²) in [6.45, 7) is 1.13. The molecule has 0 amide bonds. The van der Waals surface area contributed by atoms with Gasteiger partial charge in [0.15, 0.2) is 0 Å². The molecule has 0 aliphatic carbocycles. The second-order valence-electron chi connectivity index (χ2n) is 2.60. The number of hydrogen-bond acceptors (Lipinski definition) is 4. The third-order valence-electron chi connectivity index (χ3n) is 2.14. The lowest BCUT2D eigenvalue weighted by atomic mass is 10.1. The molecule has 3 aliphatic rings. The van der Waals surface area contributed by atoms with Crippen LogP contribution in [0.1, 0.15) is 6.42 Å². The average molecular weight is 145 g/mol. The van der Waals surface area contributed by atoms with Gasteiger partial charge in [-0.15, -0.1) is 11.8 Å². The van der Waals surface area contributed by atoms with Crippen LogP contribution in [-0.2, 0) is 9.78 Å². The van der Waals surface area contributed by atoms with E-state index >= 15 is 0 Å². The minimum atomic E-state index is -0.214. The molecule has 0 N–H and O–H groups in total. The molecule has 0 aromatic carbocycles. The van der Waals surface area contributed by atoms with Gasteiger partial charge in [0.25, 0.3) is 5.91 Å². The van der Waals surface area contributed by atoms with Gasteiger partial charge in [-0.2, -0.15) is 9.78 Å². The molecule has 0 bridgehead atoms. The number of hydrogen-bond donors (Lipinski definition) is 0. The first-order valence-corrected chi connectivity index (χ1v) is 4.21. The fourth-order valence-corrected chi connectivity index (χ4v) is 2.87. The predicted molar refractivity (Wildman–Crippen MR) is 32.5 cm³/mol. The van der Waals surface area contributed by atoms with Gasteiger partial charge in [-0.1, -0.05) is 0 Å². The Labute approximate surface area is 57.2 Å². The molecule has 3 nitrogen and oxygen atoms in total. The molecule has 0 aromatic rings. The highest BCUT2D eigenvalue weighted by atomic mass is 32.2. The molecule has 1 unspecified atom stereocenters. The maximum Gasteiger partial charge on any atom is 0.293 e. The Morgan fingerprint density at radius 1 is 1.56 bits per heavy atom. The Bertz CT molecular complexity index is 159. The summed E-state index contributed by atoms with van der Waals surface area (Å²) in [5.74, 6) is 1.02. The molecule has 3 saturated heterocycles. The molecule has 3 fully saturated rings. The van der Waals surface area contributed by atoms with Gasteiger partial charge in [0, 0.05) is 18.7 Å². The number of fused-ring (bicyclic) bond motifs is 2. The number of nitrogens with zero attached hydrogens (tertiary/aromatic N) is 1. The zero-order valence-electron chi connectivity index (χ0n) is 4.87. The van der Waals surface area contributed by atoms with E-state index < -0.39 is 0 Å². The zero-order chi connectivity index (χ0) is 5.90. The topological polar surface area (TPSA) is 28.3 Å². The summed E-state index contributed by atoms with van der Waals surface area (Å²) in [5.41, 5.74) is 0. The Hall–Kier alpha value is 0.230. The summed E-state index contributed by atoms with van der Waals surface area (Å²) < 4.78 is 0. The lowest BCUT2D eigenvalue weighted by molar-refractivity contribution is -0.0276. The van der Waals surface area contributed by atoms with Gasteiger partial charge in [0.05, 0.1) is 5.37 Å². The van der Waals surface area contributed by atoms with Crippen LogP contribution in [0.4, 0.5) is 0 Å². The molecular weight excluding hydrogens is 138 g/mol. The monoisotopic (exact) mass is 145 g/mol. The van der Waals surface area contributed by atoms with Crippen molar-refractivity contribution in [2.24, 2.45) is 0 Å². The smallest absolute Gasteiger partial charge is 0.235 e. The lowest BCUT2D eigenvalue weighted by Gasteiger charge is -2.36. The summed E-state index contributed by atoms with van der Waals surface area (Å²) >= 11 is 2.00. The predicted octanol–water partition coefficient (Wildman–Crippen LogP) is 0.381. The van der Waals surface area contributed by atoms with Crippen molar-refractivity contribution in [3.8, 4) is 0 Å². The van der Waals surface area contributed by atoms with Gasteiger partial charge < -0.3 is 0 Å². The first-order valence-electron chi connectivity index (χ1n) is 3.16. The highest BCUT2D eigenvalue weighted by Crippen LogP contribution is 2.54. The van der Waals surface area contributed by atoms with E-state index in [9.17, 15) is 0 Å². The summed E-state index contributed by atoms with van der Waals surface area (Å²) in [4.78, 5) is 12.0. The highest BCUT2D eigenvalue weighted by Gasteiger charge is 2.67.